The van der Waals surface area contributed by atoms with Gasteiger partial charge in [0.15, 0.2) is 6.10 Å². The molecule has 0 bridgehead atoms. The Bertz CT molecular complexity index is 1940. The van der Waals surface area contributed by atoms with Crippen LogP contribution in [0.4, 0.5) is 0 Å². The van der Waals surface area contributed by atoms with Crippen LogP contribution in [-0.2, 0) is 32.7 Å². The van der Waals surface area contributed by atoms with E-state index >= 15 is 0 Å². The number of allylic oxidation sites excluding steroid dienone is 24. The first-order valence-electron chi connectivity index (χ1n) is 35.3. The number of rotatable bonds is 65. The summed E-state index contributed by atoms with van der Waals surface area (Å²) in [6.07, 6.45) is 102. The van der Waals surface area contributed by atoms with Gasteiger partial charge in [0.1, 0.15) is 6.61 Å². The quantitative estimate of drug-likeness (QED) is 0.0264. The first kappa shape index (κ1) is 82.9. The Morgan fingerprint density at radius 2 is 0.598 bits per heavy atom. The third-order valence-corrected chi connectivity index (χ3v) is 15.7. The third kappa shape index (κ3) is 70.8. The Hall–Kier alpha value is -4.11. The molecule has 496 valence electrons. The molecular weight excluding hydrogens is 1100 g/mol. The zero-order chi connectivity index (χ0) is 63.0. The SMILES string of the molecule is CC/C=C\C/C=C\C/C=C\C/C=C\C/C=C\C/C=C\C/C=C\CCCCCCCC(=O)OC(COC(=O)CCCCCCCCCCCCCCCCCCCCCCCCC/C=C\C/C=C\C/C=C\C/C=C\C/C=C\CC)COP(=O)(O)OCCN. The van der Waals surface area contributed by atoms with Crippen LogP contribution in [0.5, 0.6) is 0 Å². The summed E-state index contributed by atoms with van der Waals surface area (Å²) in [6, 6.07) is 0. The summed E-state index contributed by atoms with van der Waals surface area (Å²) in [5.74, 6) is -0.849. The second-order valence-corrected chi connectivity index (χ2v) is 24.4. The van der Waals surface area contributed by atoms with Crippen LogP contribution in [0.3, 0.4) is 0 Å². The van der Waals surface area contributed by atoms with Gasteiger partial charge in [-0.1, -0.05) is 314 Å². The number of esters is 2. The molecular formula is C77H130NO8P. The van der Waals surface area contributed by atoms with Crippen molar-refractivity contribution in [3.63, 3.8) is 0 Å². The molecule has 0 spiro atoms. The molecule has 10 heteroatoms. The summed E-state index contributed by atoms with van der Waals surface area (Å²) in [5.41, 5.74) is 5.40. The number of carbonyl (C=O) groups excluding carboxylic acids is 2. The number of unbranched alkanes of at least 4 members (excludes halogenated alkanes) is 28. The number of ether oxygens (including phenoxy) is 2. The fourth-order valence-corrected chi connectivity index (χ4v) is 10.4. The van der Waals surface area contributed by atoms with Crippen LogP contribution in [0.15, 0.2) is 146 Å². The third-order valence-electron chi connectivity index (χ3n) is 14.7. The van der Waals surface area contributed by atoms with Crippen LogP contribution in [0.1, 0.15) is 296 Å². The van der Waals surface area contributed by atoms with Gasteiger partial charge in [-0.15, -0.1) is 0 Å². The van der Waals surface area contributed by atoms with Gasteiger partial charge in [-0.2, -0.15) is 0 Å². The van der Waals surface area contributed by atoms with Crippen LogP contribution in [0.2, 0.25) is 0 Å². The van der Waals surface area contributed by atoms with E-state index < -0.39 is 26.5 Å². The van der Waals surface area contributed by atoms with Crippen LogP contribution in [0.25, 0.3) is 0 Å². The molecule has 0 saturated carbocycles. The van der Waals surface area contributed by atoms with Crippen molar-refractivity contribution in [2.45, 2.75) is 302 Å². The summed E-state index contributed by atoms with van der Waals surface area (Å²) >= 11 is 0. The molecule has 0 fully saturated rings. The highest BCUT2D eigenvalue weighted by Crippen LogP contribution is 2.43. The molecule has 0 aromatic rings. The van der Waals surface area contributed by atoms with Crippen LogP contribution >= 0.6 is 7.82 Å². The van der Waals surface area contributed by atoms with E-state index in [0.29, 0.717) is 6.42 Å². The minimum Gasteiger partial charge on any atom is -0.462 e. The maximum atomic E-state index is 12.8. The maximum absolute atomic E-state index is 12.8. The normalized spacial score (nSPS) is 13.8. The molecule has 0 saturated heterocycles. The molecule has 0 radical (unpaired) electrons. The predicted octanol–water partition coefficient (Wildman–Crippen LogP) is 23.4. The molecule has 0 rings (SSSR count). The van der Waals surface area contributed by atoms with Gasteiger partial charge in [0.2, 0.25) is 0 Å². The molecule has 0 aromatic carbocycles. The number of phosphoric acid groups is 1. The molecule has 0 heterocycles. The maximum Gasteiger partial charge on any atom is 0.472 e. The number of nitrogens with two attached hydrogens (primary N) is 1. The molecule has 2 atom stereocenters. The highest BCUT2D eigenvalue weighted by atomic mass is 31.2. The summed E-state index contributed by atoms with van der Waals surface area (Å²) < 4.78 is 33.2. The Labute approximate surface area is 535 Å². The van der Waals surface area contributed by atoms with E-state index in [9.17, 15) is 19.0 Å². The molecule has 0 aliphatic rings. The van der Waals surface area contributed by atoms with Gasteiger partial charge in [0.25, 0.3) is 0 Å². The number of hydrogen-bond acceptors (Lipinski definition) is 8. The first-order valence-corrected chi connectivity index (χ1v) is 36.8. The number of carbonyl (C=O) groups is 2. The molecule has 3 N–H and O–H groups in total. The van der Waals surface area contributed by atoms with Crippen molar-refractivity contribution in [1.82, 2.24) is 0 Å². The van der Waals surface area contributed by atoms with Crippen molar-refractivity contribution in [2.24, 2.45) is 5.73 Å². The van der Waals surface area contributed by atoms with Crippen LogP contribution in [-0.4, -0.2) is 49.3 Å². The molecule has 0 aliphatic heterocycles. The Balaban J connectivity index is 3.88. The minimum absolute atomic E-state index is 0.0443. The van der Waals surface area contributed by atoms with Gasteiger partial charge >= 0.3 is 19.8 Å². The monoisotopic (exact) mass is 1230 g/mol. The van der Waals surface area contributed by atoms with Crippen LogP contribution < -0.4 is 5.73 Å². The molecule has 2 unspecified atom stereocenters. The Kier molecular flexibility index (Phi) is 67.6. The van der Waals surface area contributed by atoms with E-state index in [-0.39, 0.29) is 38.6 Å². The summed E-state index contributed by atoms with van der Waals surface area (Å²) in [6.45, 7) is 3.50. The lowest BCUT2D eigenvalue weighted by Gasteiger charge is -2.19. The lowest BCUT2D eigenvalue weighted by Crippen LogP contribution is -2.29. The summed E-state index contributed by atoms with van der Waals surface area (Å²) in [4.78, 5) is 35.4. The van der Waals surface area contributed by atoms with Gasteiger partial charge in [-0.05, 0) is 116 Å². The second kappa shape index (κ2) is 71.0. The lowest BCUT2D eigenvalue weighted by atomic mass is 10.0. The standard InChI is InChI=1S/C77H130NO8P/c1-3-5-7-9-11-13-15-17-19-21-23-25-27-29-31-32-33-34-35-36-37-38-39-40-41-42-44-45-47-49-51-53-55-57-59-61-63-65-67-69-76(79)83-73-75(74-85-87(81,82)84-72-71-78)86-77(80)70-68-66-64-62-60-58-56-54-52-50-48-46-43-30-28-26-24-22-20-18-16-14-12-10-8-6-4-2/h5-8,11-14,17-20,23-26,29-31,43,48,50,54,56,75H,3-4,9-10,15-16,21-22,27-28,32-42,44-47,49,51-53,55,57-74,78H2,1-2H3,(H,81,82)/b7-5-,8-6-,13-11-,14-12-,19-17-,20-18-,25-23-,26-24-,31-29-,43-30-,50-48-,56-54-. The smallest absolute Gasteiger partial charge is 0.462 e. The summed E-state index contributed by atoms with van der Waals surface area (Å²) in [5, 5.41) is 0. The van der Waals surface area contributed by atoms with Gasteiger partial charge in [-0.3, -0.25) is 18.6 Å². The largest absolute Gasteiger partial charge is 0.472 e. The van der Waals surface area contributed by atoms with Crippen molar-refractivity contribution in [3.8, 4) is 0 Å². The fourth-order valence-electron chi connectivity index (χ4n) is 9.59. The fraction of sp³-hybridized carbons (Fsp3) is 0.662. The molecule has 87 heavy (non-hydrogen) atoms. The molecule has 0 aromatic heterocycles. The minimum atomic E-state index is -4.41. The van der Waals surface area contributed by atoms with E-state index in [4.69, 9.17) is 24.3 Å². The summed E-state index contributed by atoms with van der Waals surface area (Å²) in [7, 11) is -4.41. The van der Waals surface area contributed by atoms with Crippen molar-refractivity contribution in [3.05, 3.63) is 146 Å². The van der Waals surface area contributed by atoms with Crippen molar-refractivity contribution < 1.29 is 37.6 Å². The number of phosphoric ester groups is 1. The van der Waals surface area contributed by atoms with Crippen molar-refractivity contribution in [2.75, 3.05) is 26.4 Å². The topological polar surface area (TPSA) is 134 Å². The average Bonchev–Trinajstić information content (AvgIpc) is 3.62. The average molecular weight is 1230 g/mol. The zero-order valence-corrected chi connectivity index (χ0v) is 56.6. The van der Waals surface area contributed by atoms with Gasteiger partial charge in [0.05, 0.1) is 13.2 Å². The molecule has 9 nitrogen and oxygen atoms in total. The van der Waals surface area contributed by atoms with E-state index in [0.717, 1.165) is 128 Å². The van der Waals surface area contributed by atoms with Gasteiger partial charge in [-0.25, -0.2) is 4.57 Å². The molecule has 0 aliphatic carbocycles. The highest BCUT2D eigenvalue weighted by molar-refractivity contribution is 7.47. The van der Waals surface area contributed by atoms with E-state index in [1.807, 2.05) is 0 Å². The predicted molar refractivity (Wildman–Crippen MR) is 376 cm³/mol. The Morgan fingerprint density at radius 1 is 0.345 bits per heavy atom. The Morgan fingerprint density at radius 3 is 0.885 bits per heavy atom. The lowest BCUT2D eigenvalue weighted by molar-refractivity contribution is -0.161. The van der Waals surface area contributed by atoms with Gasteiger partial charge in [0, 0.05) is 19.4 Å². The zero-order valence-electron chi connectivity index (χ0n) is 55.7. The van der Waals surface area contributed by atoms with Crippen LogP contribution in [0, 0.1) is 0 Å². The van der Waals surface area contributed by atoms with Crippen molar-refractivity contribution >= 4 is 19.8 Å². The van der Waals surface area contributed by atoms with Crippen molar-refractivity contribution in [1.29, 1.82) is 0 Å². The second-order valence-electron chi connectivity index (χ2n) is 23.0. The first-order chi connectivity index (χ1) is 42.8. The van der Waals surface area contributed by atoms with Gasteiger partial charge < -0.3 is 20.1 Å². The number of hydrogen-bond donors (Lipinski definition) is 2. The van der Waals surface area contributed by atoms with E-state index in [1.165, 1.54) is 135 Å². The van der Waals surface area contributed by atoms with E-state index in [1.54, 1.807) is 0 Å². The molecule has 0 amide bonds. The highest BCUT2D eigenvalue weighted by Gasteiger charge is 2.26. The van der Waals surface area contributed by atoms with E-state index in [2.05, 4.69) is 160 Å².